The molecule has 0 saturated carbocycles. The van der Waals surface area contributed by atoms with Crippen molar-refractivity contribution in [2.75, 3.05) is 13.2 Å². The lowest BCUT2D eigenvalue weighted by molar-refractivity contribution is -0.121. The summed E-state index contributed by atoms with van der Waals surface area (Å²) in [6.07, 6.45) is 0.434. The molecule has 25 heavy (non-hydrogen) atoms. The van der Waals surface area contributed by atoms with Crippen molar-refractivity contribution in [3.63, 3.8) is 0 Å². The topological polar surface area (TPSA) is 107 Å². The average Bonchev–Trinajstić information content (AvgIpc) is 2.91. The van der Waals surface area contributed by atoms with Crippen molar-refractivity contribution in [1.29, 1.82) is 0 Å². The molecule has 3 N–H and O–H groups in total. The first-order chi connectivity index (χ1) is 11.9. The fourth-order valence-electron chi connectivity index (χ4n) is 2.56. The van der Waals surface area contributed by atoms with Crippen LogP contribution in [0.4, 0.5) is 0 Å². The van der Waals surface area contributed by atoms with Crippen LogP contribution in [0.5, 0.6) is 5.75 Å². The highest BCUT2D eigenvalue weighted by atomic mass is 16.5. The molecule has 0 saturated heterocycles. The van der Waals surface area contributed by atoms with Gasteiger partial charge in [-0.1, -0.05) is 17.3 Å². The summed E-state index contributed by atoms with van der Waals surface area (Å²) in [5.74, 6) is -0.0877. The molecule has 1 aromatic heterocycles. The fraction of sp³-hybridized carbons (Fsp3) is 0.389. The fourth-order valence-corrected chi connectivity index (χ4v) is 2.56. The Morgan fingerprint density at radius 1 is 1.28 bits per heavy atom. The third-order valence-corrected chi connectivity index (χ3v) is 3.89. The van der Waals surface area contributed by atoms with Gasteiger partial charge >= 0.3 is 0 Å². The Hall–Kier alpha value is -2.83. The van der Waals surface area contributed by atoms with Gasteiger partial charge in [-0.25, -0.2) is 0 Å². The lowest BCUT2D eigenvalue weighted by atomic mass is 9.98. The number of hydrogen-bond donors (Lipinski definition) is 2. The number of nitrogens with two attached hydrogens (primary N) is 1. The van der Waals surface area contributed by atoms with Gasteiger partial charge in [0.1, 0.15) is 17.1 Å². The zero-order chi connectivity index (χ0) is 18.4. The lowest BCUT2D eigenvalue weighted by Crippen LogP contribution is -2.37. The van der Waals surface area contributed by atoms with Crippen molar-refractivity contribution < 1.29 is 18.8 Å². The van der Waals surface area contributed by atoms with Gasteiger partial charge in [0.2, 0.25) is 5.91 Å². The van der Waals surface area contributed by atoms with Gasteiger partial charge in [-0.15, -0.1) is 0 Å². The molecule has 1 aromatic carbocycles. The number of primary amides is 1. The van der Waals surface area contributed by atoms with Crippen molar-refractivity contribution in [2.45, 2.75) is 27.2 Å². The number of nitrogens with one attached hydrogen (secondary N) is 1. The second-order valence-corrected chi connectivity index (χ2v) is 5.79. The molecule has 1 unspecified atom stereocenters. The molecule has 0 aliphatic carbocycles. The van der Waals surface area contributed by atoms with Crippen LogP contribution in [0, 0.1) is 19.8 Å². The smallest absolute Gasteiger partial charge is 0.256 e. The predicted octanol–water partition coefficient (Wildman–Crippen LogP) is 1.76. The van der Waals surface area contributed by atoms with E-state index in [1.54, 1.807) is 13.8 Å². The molecule has 0 fully saturated rings. The number of carbonyl (C=O) groups excluding carboxylic acids is 2. The van der Waals surface area contributed by atoms with E-state index >= 15 is 0 Å². The van der Waals surface area contributed by atoms with Gasteiger partial charge in [0.15, 0.2) is 0 Å². The van der Waals surface area contributed by atoms with Crippen LogP contribution < -0.4 is 15.8 Å². The van der Waals surface area contributed by atoms with Crippen LogP contribution in [0.1, 0.15) is 34.3 Å². The van der Waals surface area contributed by atoms with Crippen LogP contribution in [0.2, 0.25) is 0 Å². The molecule has 0 bridgehead atoms. The first-order valence-corrected chi connectivity index (χ1v) is 8.14. The monoisotopic (exact) mass is 345 g/mol. The summed E-state index contributed by atoms with van der Waals surface area (Å²) in [5, 5.41) is 6.49. The van der Waals surface area contributed by atoms with Crippen molar-refractivity contribution in [3.05, 3.63) is 46.8 Å². The molecular weight excluding hydrogens is 322 g/mol. The summed E-state index contributed by atoms with van der Waals surface area (Å²) in [7, 11) is 0. The molecule has 2 aromatic rings. The lowest BCUT2D eigenvalue weighted by Gasteiger charge is -2.15. The maximum Gasteiger partial charge on any atom is 0.256 e. The normalized spacial score (nSPS) is 11.8. The van der Waals surface area contributed by atoms with Crippen LogP contribution in [0.15, 0.2) is 28.8 Å². The summed E-state index contributed by atoms with van der Waals surface area (Å²) in [6, 6.07) is 7.47. The standard InChI is InChI=1S/C18H23N3O4/c1-4-24-15-7-5-13(6-8-15)9-14(17(19)22)10-20-18(23)16-11(2)21-25-12(16)3/h5-8,14H,4,9-10H2,1-3H3,(H2,19,22)(H,20,23). The Kier molecular flexibility index (Phi) is 6.16. The van der Waals surface area contributed by atoms with Crippen LogP contribution in [0.3, 0.4) is 0 Å². The van der Waals surface area contributed by atoms with E-state index in [0.717, 1.165) is 11.3 Å². The van der Waals surface area contributed by atoms with Crippen molar-refractivity contribution >= 4 is 11.8 Å². The second-order valence-electron chi connectivity index (χ2n) is 5.79. The molecule has 1 atom stereocenters. The number of amides is 2. The molecular formula is C18H23N3O4. The van der Waals surface area contributed by atoms with Gasteiger partial charge in [0, 0.05) is 6.54 Å². The molecule has 7 heteroatoms. The summed E-state index contributed by atoms with van der Waals surface area (Å²) < 4.78 is 10.4. The first kappa shape index (κ1) is 18.5. The maximum atomic E-state index is 12.3. The Morgan fingerprint density at radius 2 is 1.96 bits per heavy atom. The van der Waals surface area contributed by atoms with Crippen molar-refractivity contribution in [2.24, 2.45) is 11.7 Å². The van der Waals surface area contributed by atoms with E-state index < -0.39 is 11.8 Å². The Labute approximate surface area is 146 Å². The summed E-state index contributed by atoms with van der Waals surface area (Å²) >= 11 is 0. The third-order valence-electron chi connectivity index (χ3n) is 3.89. The summed E-state index contributed by atoms with van der Waals surface area (Å²) in [5.41, 5.74) is 7.33. The van der Waals surface area contributed by atoms with Gasteiger partial charge < -0.3 is 20.3 Å². The first-order valence-electron chi connectivity index (χ1n) is 8.14. The van der Waals surface area contributed by atoms with E-state index in [1.807, 2.05) is 31.2 Å². The van der Waals surface area contributed by atoms with E-state index in [9.17, 15) is 9.59 Å². The van der Waals surface area contributed by atoms with E-state index in [-0.39, 0.29) is 12.5 Å². The average molecular weight is 345 g/mol. The number of aromatic nitrogens is 1. The van der Waals surface area contributed by atoms with E-state index in [1.165, 1.54) is 0 Å². The maximum absolute atomic E-state index is 12.3. The molecule has 134 valence electrons. The van der Waals surface area contributed by atoms with Gasteiger partial charge in [-0.05, 0) is 44.9 Å². The van der Waals surface area contributed by atoms with Crippen LogP contribution in [-0.4, -0.2) is 30.1 Å². The van der Waals surface area contributed by atoms with Gasteiger partial charge in [-0.2, -0.15) is 0 Å². The van der Waals surface area contributed by atoms with Crippen LogP contribution >= 0.6 is 0 Å². The largest absolute Gasteiger partial charge is 0.494 e. The van der Waals surface area contributed by atoms with Gasteiger partial charge in [-0.3, -0.25) is 9.59 Å². The predicted molar refractivity (Wildman–Crippen MR) is 92.3 cm³/mol. The third kappa shape index (κ3) is 4.82. The van der Waals surface area contributed by atoms with Gasteiger partial charge in [0.05, 0.1) is 18.2 Å². The van der Waals surface area contributed by atoms with Crippen molar-refractivity contribution in [1.82, 2.24) is 10.5 Å². The van der Waals surface area contributed by atoms with Crippen LogP contribution in [-0.2, 0) is 11.2 Å². The molecule has 1 heterocycles. The molecule has 0 spiro atoms. The highest BCUT2D eigenvalue weighted by Gasteiger charge is 2.21. The van der Waals surface area contributed by atoms with Crippen molar-refractivity contribution in [3.8, 4) is 5.75 Å². The van der Waals surface area contributed by atoms with E-state index in [0.29, 0.717) is 30.0 Å². The minimum Gasteiger partial charge on any atom is -0.494 e. The number of hydrogen-bond acceptors (Lipinski definition) is 5. The number of nitrogens with zero attached hydrogens (tertiary/aromatic N) is 1. The molecule has 7 nitrogen and oxygen atoms in total. The second kappa shape index (κ2) is 8.32. The van der Waals surface area contributed by atoms with Crippen LogP contribution in [0.25, 0.3) is 0 Å². The minimum atomic E-state index is -0.512. The Morgan fingerprint density at radius 3 is 2.48 bits per heavy atom. The number of benzene rings is 1. The van der Waals surface area contributed by atoms with E-state index in [2.05, 4.69) is 10.5 Å². The molecule has 2 amide bonds. The van der Waals surface area contributed by atoms with E-state index in [4.69, 9.17) is 15.0 Å². The number of ether oxygens (including phenoxy) is 1. The molecule has 0 aliphatic heterocycles. The zero-order valence-electron chi connectivity index (χ0n) is 14.7. The molecule has 0 radical (unpaired) electrons. The SMILES string of the molecule is CCOc1ccc(CC(CNC(=O)c2c(C)noc2C)C(N)=O)cc1. The molecule has 2 rings (SSSR count). The Balaban J connectivity index is 1.99. The quantitative estimate of drug-likeness (QED) is 0.758. The number of aryl methyl sites for hydroxylation is 2. The Bertz CT molecular complexity index is 718. The molecule has 0 aliphatic rings. The van der Waals surface area contributed by atoms with Gasteiger partial charge in [0.25, 0.3) is 5.91 Å². The zero-order valence-corrected chi connectivity index (χ0v) is 14.7. The number of rotatable bonds is 8. The minimum absolute atomic E-state index is 0.144. The number of carbonyl (C=O) groups is 2. The highest BCUT2D eigenvalue weighted by Crippen LogP contribution is 2.16. The summed E-state index contributed by atoms with van der Waals surface area (Å²) in [4.78, 5) is 24.0. The summed E-state index contributed by atoms with van der Waals surface area (Å²) in [6.45, 7) is 6.01. The highest BCUT2D eigenvalue weighted by molar-refractivity contribution is 5.96.